The number of methoxy groups -OCH3 is 2. The van der Waals surface area contributed by atoms with Crippen LogP contribution in [0.3, 0.4) is 0 Å². The van der Waals surface area contributed by atoms with Crippen molar-refractivity contribution in [2.45, 2.75) is 6.54 Å². The van der Waals surface area contributed by atoms with Gasteiger partial charge in [0.1, 0.15) is 0 Å². The summed E-state index contributed by atoms with van der Waals surface area (Å²) in [5.41, 5.74) is 1.16. The summed E-state index contributed by atoms with van der Waals surface area (Å²) in [6.07, 6.45) is 3.33. The molecular weight excluding hydrogens is 290 g/mol. The normalized spacial score (nSPS) is 10.5. The Kier molecular flexibility index (Phi) is 4.84. The second-order valence-corrected chi connectivity index (χ2v) is 4.46. The molecular formula is C14H15N3O5. The highest BCUT2D eigenvalue weighted by Crippen LogP contribution is 2.27. The van der Waals surface area contributed by atoms with Gasteiger partial charge in [0.25, 0.3) is 5.69 Å². The van der Waals surface area contributed by atoms with Crippen molar-refractivity contribution in [2.75, 3.05) is 20.8 Å². The number of benzene rings is 1. The van der Waals surface area contributed by atoms with Crippen LogP contribution in [0.4, 0.5) is 5.69 Å². The van der Waals surface area contributed by atoms with Gasteiger partial charge in [-0.15, -0.1) is 0 Å². The van der Waals surface area contributed by atoms with Gasteiger partial charge in [-0.1, -0.05) is 0 Å². The smallest absolute Gasteiger partial charge is 0.338 e. The fourth-order valence-electron chi connectivity index (χ4n) is 1.99. The number of nitro groups is 1. The SMILES string of the molecule is COCCn1cc(-c2ccc([N+](=O)[O-])cc2C(=O)OC)cn1. The third-order valence-corrected chi connectivity index (χ3v) is 3.09. The van der Waals surface area contributed by atoms with Crippen LogP contribution in [0.2, 0.25) is 0 Å². The van der Waals surface area contributed by atoms with Crippen molar-refractivity contribution in [3.63, 3.8) is 0 Å². The minimum atomic E-state index is -0.636. The summed E-state index contributed by atoms with van der Waals surface area (Å²) in [4.78, 5) is 22.2. The van der Waals surface area contributed by atoms with Crippen molar-refractivity contribution in [1.82, 2.24) is 9.78 Å². The lowest BCUT2D eigenvalue weighted by atomic mass is 10.0. The van der Waals surface area contributed by atoms with Gasteiger partial charge in [0, 0.05) is 31.0 Å². The van der Waals surface area contributed by atoms with Gasteiger partial charge < -0.3 is 9.47 Å². The summed E-state index contributed by atoms with van der Waals surface area (Å²) in [6.45, 7) is 1.07. The molecule has 8 heteroatoms. The highest BCUT2D eigenvalue weighted by Gasteiger charge is 2.19. The summed E-state index contributed by atoms with van der Waals surface area (Å²) >= 11 is 0. The van der Waals surface area contributed by atoms with Crippen molar-refractivity contribution in [2.24, 2.45) is 0 Å². The minimum Gasteiger partial charge on any atom is -0.465 e. The number of nitrogens with zero attached hydrogens (tertiary/aromatic N) is 3. The van der Waals surface area contributed by atoms with Crippen molar-refractivity contribution in [1.29, 1.82) is 0 Å². The molecule has 2 rings (SSSR count). The quantitative estimate of drug-likeness (QED) is 0.459. The maximum atomic E-state index is 11.9. The molecule has 0 amide bonds. The summed E-state index contributed by atoms with van der Waals surface area (Å²) in [5, 5.41) is 15.0. The molecule has 0 N–H and O–H groups in total. The van der Waals surface area contributed by atoms with E-state index in [1.807, 2.05) is 0 Å². The number of nitro benzene ring substituents is 1. The van der Waals surface area contributed by atoms with Gasteiger partial charge >= 0.3 is 5.97 Å². The zero-order valence-corrected chi connectivity index (χ0v) is 12.2. The maximum Gasteiger partial charge on any atom is 0.338 e. The molecule has 2 aromatic rings. The standard InChI is InChI=1S/C14H15N3O5/c1-21-6-5-16-9-10(8-15-16)12-4-3-11(17(19)20)7-13(12)14(18)22-2/h3-4,7-9H,5-6H2,1-2H3. The lowest BCUT2D eigenvalue weighted by Crippen LogP contribution is -2.05. The largest absolute Gasteiger partial charge is 0.465 e. The van der Waals surface area contributed by atoms with Crippen LogP contribution in [0.1, 0.15) is 10.4 Å². The van der Waals surface area contributed by atoms with Crippen LogP contribution in [-0.4, -0.2) is 41.5 Å². The Hall–Kier alpha value is -2.74. The number of rotatable bonds is 6. The van der Waals surface area contributed by atoms with Crippen molar-refractivity contribution in [3.8, 4) is 11.1 Å². The van der Waals surface area contributed by atoms with E-state index in [0.29, 0.717) is 24.3 Å². The topological polar surface area (TPSA) is 96.5 Å². The van der Waals surface area contributed by atoms with E-state index in [2.05, 4.69) is 5.10 Å². The van der Waals surface area contributed by atoms with Crippen LogP contribution in [-0.2, 0) is 16.0 Å². The van der Waals surface area contributed by atoms with E-state index in [-0.39, 0.29) is 11.3 Å². The Morgan fingerprint density at radius 3 is 2.82 bits per heavy atom. The molecule has 0 aliphatic heterocycles. The summed E-state index contributed by atoms with van der Waals surface area (Å²) in [6, 6.07) is 4.06. The van der Waals surface area contributed by atoms with Crippen LogP contribution in [0, 0.1) is 10.1 Å². The van der Waals surface area contributed by atoms with Crippen LogP contribution >= 0.6 is 0 Å². The molecule has 0 fully saturated rings. The first-order valence-electron chi connectivity index (χ1n) is 6.45. The van der Waals surface area contributed by atoms with Crippen LogP contribution in [0.15, 0.2) is 30.6 Å². The average molecular weight is 305 g/mol. The number of carbonyl (C=O) groups excluding carboxylic acids is 1. The predicted molar refractivity (Wildman–Crippen MR) is 77.5 cm³/mol. The molecule has 0 atom stereocenters. The monoisotopic (exact) mass is 305 g/mol. The Labute approximate surface area is 126 Å². The molecule has 22 heavy (non-hydrogen) atoms. The minimum absolute atomic E-state index is 0.128. The van der Waals surface area contributed by atoms with E-state index in [1.165, 1.54) is 25.3 Å². The van der Waals surface area contributed by atoms with E-state index in [0.717, 1.165) is 0 Å². The fourth-order valence-corrected chi connectivity index (χ4v) is 1.99. The van der Waals surface area contributed by atoms with Gasteiger partial charge in [0.15, 0.2) is 0 Å². The van der Waals surface area contributed by atoms with E-state index >= 15 is 0 Å². The zero-order valence-electron chi connectivity index (χ0n) is 12.2. The molecule has 0 unspecified atom stereocenters. The van der Waals surface area contributed by atoms with Crippen molar-refractivity contribution < 1.29 is 19.2 Å². The van der Waals surface area contributed by atoms with E-state index in [4.69, 9.17) is 9.47 Å². The number of carbonyl (C=O) groups is 1. The number of hydrogen-bond donors (Lipinski definition) is 0. The van der Waals surface area contributed by atoms with E-state index in [1.54, 1.807) is 24.2 Å². The molecule has 0 aliphatic carbocycles. The number of ether oxygens (including phenoxy) is 2. The number of hydrogen-bond acceptors (Lipinski definition) is 6. The van der Waals surface area contributed by atoms with Crippen LogP contribution in [0.25, 0.3) is 11.1 Å². The third kappa shape index (κ3) is 3.29. The predicted octanol–water partition coefficient (Wildman–Crippen LogP) is 1.89. The number of non-ortho nitro benzene ring substituents is 1. The van der Waals surface area contributed by atoms with Gasteiger partial charge in [-0.05, 0) is 11.6 Å². The second-order valence-electron chi connectivity index (χ2n) is 4.46. The third-order valence-electron chi connectivity index (χ3n) is 3.09. The molecule has 116 valence electrons. The Balaban J connectivity index is 2.43. The Morgan fingerprint density at radius 1 is 1.41 bits per heavy atom. The zero-order chi connectivity index (χ0) is 16.1. The summed E-state index contributed by atoms with van der Waals surface area (Å²) in [7, 11) is 2.82. The van der Waals surface area contributed by atoms with E-state index in [9.17, 15) is 14.9 Å². The van der Waals surface area contributed by atoms with Crippen LogP contribution in [0.5, 0.6) is 0 Å². The lowest BCUT2D eigenvalue weighted by Gasteiger charge is -2.06. The molecule has 0 radical (unpaired) electrons. The molecule has 8 nitrogen and oxygen atoms in total. The first-order valence-corrected chi connectivity index (χ1v) is 6.45. The molecule has 0 bridgehead atoms. The summed E-state index contributed by atoms with van der Waals surface area (Å²) in [5.74, 6) is -0.636. The van der Waals surface area contributed by atoms with E-state index < -0.39 is 10.9 Å². The van der Waals surface area contributed by atoms with Crippen LogP contribution < -0.4 is 0 Å². The maximum absolute atomic E-state index is 11.9. The number of aromatic nitrogens is 2. The average Bonchev–Trinajstić information content (AvgIpc) is 3.00. The molecule has 1 aromatic heterocycles. The molecule has 0 saturated carbocycles. The highest BCUT2D eigenvalue weighted by molar-refractivity contribution is 5.97. The highest BCUT2D eigenvalue weighted by atomic mass is 16.6. The van der Waals surface area contributed by atoms with Gasteiger partial charge in [-0.2, -0.15) is 5.10 Å². The lowest BCUT2D eigenvalue weighted by molar-refractivity contribution is -0.384. The molecule has 0 aliphatic rings. The van der Waals surface area contributed by atoms with Gasteiger partial charge in [0.2, 0.25) is 0 Å². The summed E-state index contributed by atoms with van der Waals surface area (Å²) < 4.78 is 11.3. The van der Waals surface area contributed by atoms with Gasteiger partial charge in [0.05, 0.1) is 36.9 Å². The fraction of sp³-hybridized carbons (Fsp3) is 0.286. The molecule has 0 saturated heterocycles. The first kappa shape index (κ1) is 15.6. The van der Waals surface area contributed by atoms with Crippen molar-refractivity contribution in [3.05, 3.63) is 46.3 Å². The second kappa shape index (κ2) is 6.81. The molecule has 1 heterocycles. The molecule has 0 spiro atoms. The number of esters is 1. The Bertz CT molecular complexity index is 696. The van der Waals surface area contributed by atoms with Gasteiger partial charge in [-0.25, -0.2) is 4.79 Å². The Morgan fingerprint density at radius 2 is 2.18 bits per heavy atom. The first-order chi connectivity index (χ1) is 10.6. The molecule has 1 aromatic carbocycles. The van der Waals surface area contributed by atoms with Gasteiger partial charge in [-0.3, -0.25) is 14.8 Å². The van der Waals surface area contributed by atoms with Crippen molar-refractivity contribution >= 4 is 11.7 Å².